The molecule has 5 heteroatoms. The zero-order chi connectivity index (χ0) is 17.2. The molecule has 2 aromatic carbocycles. The summed E-state index contributed by atoms with van der Waals surface area (Å²) in [5.74, 6) is 2.49. The maximum Gasteiger partial charge on any atom is 0.191 e. The molecule has 24 heavy (non-hydrogen) atoms. The monoisotopic (exact) mass is 327 g/mol. The van der Waals surface area contributed by atoms with Crippen molar-refractivity contribution in [3.63, 3.8) is 0 Å². The summed E-state index contributed by atoms with van der Waals surface area (Å²) >= 11 is 0. The van der Waals surface area contributed by atoms with Crippen LogP contribution in [0.3, 0.4) is 0 Å². The fourth-order valence-electron chi connectivity index (χ4n) is 2.29. The molecule has 0 saturated heterocycles. The van der Waals surface area contributed by atoms with E-state index in [-0.39, 0.29) is 0 Å². The molecular formula is C19H25N3O2. The Balaban J connectivity index is 1.87. The van der Waals surface area contributed by atoms with E-state index in [1.807, 2.05) is 49.4 Å². The molecule has 2 aromatic rings. The molecule has 0 spiro atoms. The van der Waals surface area contributed by atoms with Crippen LogP contribution >= 0.6 is 0 Å². The first-order valence-electron chi connectivity index (χ1n) is 8.04. The standard InChI is InChI=1S/C19H25N3O2/c1-4-24-18-10-6-8-16(12-18)14-22-19(20-2)21-13-15-7-5-9-17(11-15)23-3/h5-12H,4,13-14H2,1-3H3,(H2,20,21,22). The van der Waals surface area contributed by atoms with E-state index in [2.05, 4.69) is 21.7 Å². The van der Waals surface area contributed by atoms with Crippen molar-refractivity contribution in [2.45, 2.75) is 20.0 Å². The summed E-state index contributed by atoms with van der Waals surface area (Å²) in [6, 6.07) is 16.0. The van der Waals surface area contributed by atoms with Crippen molar-refractivity contribution in [2.24, 2.45) is 4.99 Å². The second-order valence-electron chi connectivity index (χ2n) is 5.21. The quantitative estimate of drug-likeness (QED) is 0.606. The third-order valence-electron chi connectivity index (χ3n) is 3.49. The van der Waals surface area contributed by atoms with Gasteiger partial charge < -0.3 is 20.1 Å². The van der Waals surface area contributed by atoms with E-state index >= 15 is 0 Å². The molecule has 2 N–H and O–H groups in total. The van der Waals surface area contributed by atoms with E-state index < -0.39 is 0 Å². The minimum atomic E-state index is 0.667. The molecule has 128 valence electrons. The van der Waals surface area contributed by atoms with E-state index in [1.54, 1.807) is 14.2 Å². The number of rotatable bonds is 7. The van der Waals surface area contributed by atoms with Crippen LogP contribution in [0, 0.1) is 0 Å². The van der Waals surface area contributed by atoms with Gasteiger partial charge in [-0.3, -0.25) is 4.99 Å². The van der Waals surface area contributed by atoms with Crippen LogP contribution < -0.4 is 20.1 Å². The van der Waals surface area contributed by atoms with Crippen LogP contribution in [0.1, 0.15) is 18.1 Å². The van der Waals surface area contributed by atoms with E-state index in [0.29, 0.717) is 19.7 Å². The van der Waals surface area contributed by atoms with Crippen LogP contribution in [0.5, 0.6) is 11.5 Å². The Labute approximate surface area is 143 Å². The Morgan fingerprint density at radius 3 is 2.08 bits per heavy atom. The highest BCUT2D eigenvalue weighted by atomic mass is 16.5. The maximum absolute atomic E-state index is 5.52. The van der Waals surface area contributed by atoms with Crippen molar-refractivity contribution in [2.75, 3.05) is 20.8 Å². The third kappa shape index (κ3) is 5.50. The summed E-state index contributed by atoms with van der Waals surface area (Å²) in [7, 11) is 3.43. The molecule has 0 saturated carbocycles. The van der Waals surface area contributed by atoms with Gasteiger partial charge in [0.1, 0.15) is 11.5 Å². The summed E-state index contributed by atoms with van der Waals surface area (Å²) in [5, 5.41) is 6.61. The zero-order valence-electron chi connectivity index (χ0n) is 14.5. The van der Waals surface area contributed by atoms with Crippen molar-refractivity contribution < 1.29 is 9.47 Å². The first-order valence-corrected chi connectivity index (χ1v) is 8.04. The molecule has 0 aliphatic rings. The van der Waals surface area contributed by atoms with Gasteiger partial charge in [0, 0.05) is 20.1 Å². The number of ether oxygens (including phenoxy) is 2. The fraction of sp³-hybridized carbons (Fsp3) is 0.316. The molecule has 0 aliphatic carbocycles. The van der Waals surface area contributed by atoms with Gasteiger partial charge in [-0.1, -0.05) is 24.3 Å². The molecule has 0 fully saturated rings. The number of benzene rings is 2. The number of hydrogen-bond acceptors (Lipinski definition) is 3. The summed E-state index contributed by atoms with van der Waals surface area (Å²) in [5.41, 5.74) is 2.28. The second kappa shape index (κ2) is 9.45. The van der Waals surface area contributed by atoms with Gasteiger partial charge in [-0.05, 0) is 42.3 Å². The fourth-order valence-corrected chi connectivity index (χ4v) is 2.29. The van der Waals surface area contributed by atoms with Crippen LogP contribution in [0.15, 0.2) is 53.5 Å². The van der Waals surface area contributed by atoms with Crippen LogP contribution in [0.2, 0.25) is 0 Å². The largest absolute Gasteiger partial charge is 0.497 e. The van der Waals surface area contributed by atoms with Crippen molar-refractivity contribution in [3.8, 4) is 11.5 Å². The van der Waals surface area contributed by atoms with Crippen LogP contribution in [0.4, 0.5) is 0 Å². The molecule has 0 heterocycles. The summed E-state index contributed by atoms with van der Waals surface area (Å²) < 4.78 is 10.8. The third-order valence-corrected chi connectivity index (χ3v) is 3.49. The number of hydrogen-bond donors (Lipinski definition) is 2. The SMILES string of the molecule is CCOc1cccc(CNC(=NC)NCc2cccc(OC)c2)c1. The molecule has 5 nitrogen and oxygen atoms in total. The first kappa shape index (κ1) is 17.7. The van der Waals surface area contributed by atoms with Gasteiger partial charge >= 0.3 is 0 Å². The van der Waals surface area contributed by atoms with E-state index in [1.165, 1.54) is 0 Å². The van der Waals surface area contributed by atoms with Crippen LogP contribution in [-0.4, -0.2) is 26.7 Å². The average Bonchev–Trinajstić information content (AvgIpc) is 2.62. The van der Waals surface area contributed by atoms with E-state index in [0.717, 1.165) is 28.6 Å². The average molecular weight is 327 g/mol. The Kier molecular flexibility index (Phi) is 6.95. The lowest BCUT2D eigenvalue weighted by Crippen LogP contribution is -2.36. The van der Waals surface area contributed by atoms with Gasteiger partial charge in [-0.2, -0.15) is 0 Å². The lowest BCUT2D eigenvalue weighted by molar-refractivity contribution is 0.340. The maximum atomic E-state index is 5.52. The second-order valence-corrected chi connectivity index (χ2v) is 5.21. The van der Waals surface area contributed by atoms with Crippen molar-refractivity contribution >= 4 is 5.96 Å². The molecular weight excluding hydrogens is 302 g/mol. The molecule has 0 unspecified atom stereocenters. The predicted molar refractivity (Wildman–Crippen MR) is 97.6 cm³/mol. The van der Waals surface area contributed by atoms with Gasteiger partial charge in [0.2, 0.25) is 0 Å². The highest BCUT2D eigenvalue weighted by Crippen LogP contribution is 2.13. The van der Waals surface area contributed by atoms with Gasteiger partial charge in [0.15, 0.2) is 5.96 Å². The van der Waals surface area contributed by atoms with Gasteiger partial charge in [-0.15, -0.1) is 0 Å². The minimum absolute atomic E-state index is 0.667. The number of methoxy groups -OCH3 is 1. The van der Waals surface area contributed by atoms with Gasteiger partial charge in [-0.25, -0.2) is 0 Å². The number of nitrogens with zero attached hydrogens (tertiary/aromatic N) is 1. The molecule has 0 bridgehead atoms. The highest BCUT2D eigenvalue weighted by Gasteiger charge is 2.01. The van der Waals surface area contributed by atoms with E-state index in [9.17, 15) is 0 Å². The summed E-state index contributed by atoms with van der Waals surface area (Å²) in [4.78, 5) is 4.25. The lowest BCUT2D eigenvalue weighted by Gasteiger charge is -2.13. The molecule has 0 aliphatic heterocycles. The topological polar surface area (TPSA) is 54.9 Å². The van der Waals surface area contributed by atoms with Crippen molar-refractivity contribution in [1.29, 1.82) is 0 Å². The summed E-state index contributed by atoms with van der Waals surface area (Å²) in [6.45, 7) is 4.00. The Bertz CT molecular complexity index is 671. The Hall–Kier alpha value is -2.69. The zero-order valence-corrected chi connectivity index (χ0v) is 14.5. The normalized spacial score (nSPS) is 11.0. The number of aliphatic imine (C=N–C) groups is 1. The molecule has 0 aromatic heterocycles. The van der Waals surface area contributed by atoms with Crippen molar-refractivity contribution in [3.05, 3.63) is 59.7 Å². The molecule has 0 amide bonds. The predicted octanol–water partition coefficient (Wildman–Crippen LogP) is 2.96. The Morgan fingerprint density at radius 2 is 1.54 bits per heavy atom. The first-order chi connectivity index (χ1) is 11.7. The molecule has 0 radical (unpaired) electrons. The lowest BCUT2D eigenvalue weighted by atomic mass is 10.2. The molecule has 2 rings (SSSR count). The molecule has 0 atom stereocenters. The minimum Gasteiger partial charge on any atom is -0.497 e. The smallest absolute Gasteiger partial charge is 0.191 e. The van der Waals surface area contributed by atoms with Gasteiger partial charge in [0.05, 0.1) is 13.7 Å². The Morgan fingerprint density at radius 1 is 0.958 bits per heavy atom. The number of guanidine groups is 1. The van der Waals surface area contributed by atoms with Gasteiger partial charge in [0.25, 0.3) is 0 Å². The number of nitrogens with one attached hydrogen (secondary N) is 2. The summed E-state index contributed by atoms with van der Waals surface area (Å²) in [6.07, 6.45) is 0. The van der Waals surface area contributed by atoms with Crippen LogP contribution in [-0.2, 0) is 13.1 Å². The van der Waals surface area contributed by atoms with Crippen molar-refractivity contribution in [1.82, 2.24) is 10.6 Å². The highest BCUT2D eigenvalue weighted by molar-refractivity contribution is 5.79. The van der Waals surface area contributed by atoms with E-state index in [4.69, 9.17) is 9.47 Å². The van der Waals surface area contributed by atoms with Crippen LogP contribution in [0.25, 0.3) is 0 Å².